The first-order valence-corrected chi connectivity index (χ1v) is 13.2. The molecule has 0 amide bonds. The van der Waals surface area contributed by atoms with Crippen molar-refractivity contribution in [1.82, 2.24) is 0 Å². The van der Waals surface area contributed by atoms with Crippen LogP contribution in [0.4, 0.5) is 0 Å². The fourth-order valence-electron chi connectivity index (χ4n) is 4.27. The largest absolute Gasteiger partial charge is 0.497 e. The summed E-state index contributed by atoms with van der Waals surface area (Å²) in [5, 5.41) is 0. The molecule has 1 saturated heterocycles. The van der Waals surface area contributed by atoms with Crippen molar-refractivity contribution in [3.05, 3.63) is 54.6 Å². The van der Waals surface area contributed by atoms with Crippen LogP contribution in [0, 0.1) is 0 Å². The molecule has 3 rings (SSSR count). The second-order valence-electron chi connectivity index (χ2n) is 9.23. The van der Waals surface area contributed by atoms with E-state index in [2.05, 4.69) is 6.58 Å². The summed E-state index contributed by atoms with van der Waals surface area (Å²) in [5.41, 5.74) is 0.895. The van der Waals surface area contributed by atoms with Crippen molar-refractivity contribution in [2.75, 3.05) is 20.8 Å². The predicted octanol–water partition coefficient (Wildman–Crippen LogP) is 3.81. The van der Waals surface area contributed by atoms with Crippen molar-refractivity contribution in [3.8, 4) is 5.75 Å². The quantitative estimate of drug-likeness (QED) is 0.244. The van der Waals surface area contributed by atoms with Gasteiger partial charge in [0.05, 0.1) is 20.3 Å². The highest BCUT2D eigenvalue weighted by Crippen LogP contribution is 2.31. The van der Waals surface area contributed by atoms with Crippen LogP contribution in [0.5, 0.6) is 5.75 Å². The highest BCUT2D eigenvalue weighted by Gasteiger charge is 2.52. The smallest absolute Gasteiger partial charge is 0.306 e. The Morgan fingerprint density at radius 1 is 1.03 bits per heavy atom. The van der Waals surface area contributed by atoms with Crippen LogP contribution in [0.3, 0.4) is 0 Å². The Kier molecular flexibility index (Phi) is 12.5. The van der Waals surface area contributed by atoms with Gasteiger partial charge in [-0.25, -0.2) is 0 Å². The first kappa shape index (κ1) is 30.3. The van der Waals surface area contributed by atoms with Crippen LogP contribution in [0.1, 0.15) is 50.5 Å². The maximum Gasteiger partial charge on any atom is 0.306 e. The number of ether oxygens (including phenoxy) is 7. The highest BCUT2D eigenvalue weighted by atomic mass is 16.7. The lowest BCUT2D eigenvalue weighted by Gasteiger charge is -2.44. The normalized spacial score (nSPS) is 26.1. The van der Waals surface area contributed by atoms with Crippen LogP contribution in [0.25, 0.3) is 0 Å². The summed E-state index contributed by atoms with van der Waals surface area (Å²) in [4.78, 5) is 38.2. The fraction of sp³-hybridized carbons (Fsp3) is 0.552. The predicted molar refractivity (Wildman–Crippen MR) is 140 cm³/mol. The number of fused-ring (bicyclic) bond motifs is 1. The minimum atomic E-state index is -1.16. The number of hydrogen-bond acceptors (Lipinski definition) is 10. The average molecular weight is 547 g/mol. The molecule has 214 valence electrons. The average Bonchev–Trinajstić information content (AvgIpc) is 2.95. The van der Waals surface area contributed by atoms with Crippen molar-refractivity contribution in [1.29, 1.82) is 0 Å². The zero-order valence-corrected chi connectivity index (χ0v) is 22.6. The van der Waals surface area contributed by atoms with Gasteiger partial charge in [0.25, 0.3) is 0 Å². The lowest BCUT2D eigenvalue weighted by Crippen LogP contribution is -2.62. The molecule has 2 aliphatic rings. The summed E-state index contributed by atoms with van der Waals surface area (Å²) in [6.07, 6.45) is 2.55. The molecule has 0 aromatic heterocycles. The van der Waals surface area contributed by atoms with Crippen molar-refractivity contribution >= 4 is 17.9 Å². The molecule has 2 heterocycles. The second kappa shape index (κ2) is 16.0. The molecule has 0 unspecified atom stereocenters. The summed E-state index contributed by atoms with van der Waals surface area (Å²) in [6, 6.07) is 7.39. The number of hydrogen-bond donors (Lipinski definition) is 0. The minimum Gasteiger partial charge on any atom is -0.497 e. The Bertz CT molecular complexity index is 973. The van der Waals surface area contributed by atoms with Crippen molar-refractivity contribution in [3.63, 3.8) is 0 Å². The number of esters is 3. The molecule has 0 bridgehead atoms. The van der Waals surface area contributed by atoms with E-state index < -0.39 is 48.6 Å². The van der Waals surface area contributed by atoms with Gasteiger partial charge in [0.1, 0.15) is 11.9 Å². The maximum absolute atomic E-state index is 12.8. The van der Waals surface area contributed by atoms with Gasteiger partial charge in [-0.1, -0.05) is 30.4 Å². The third-order valence-corrected chi connectivity index (χ3v) is 6.32. The van der Waals surface area contributed by atoms with E-state index in [9.17, 15) is 14.4 Å². The minimum absolute atomic E-state index is 0.00340. The summed E-state index contributed by atoms with van der Waals surface area (Å²) < 4.78 is 40.0. The van der Waals surface area contributed by atoms with Crippen LogP contribution < -0.4 is 4.74 Å². The van der Waals surface area contributed by atoms with E-state index in [4.69, 9.17) is 33.2 Å². The van der Waals surface area contributed by atoms with Gasteiger partial charge in [-0.3, -0.25) is 14.4 Å². The van der Waals surface area contributed by atoms with Crippen LogP contribution in [0.15, 0.2) is 49.1 Å². The van der Waals surface area contributed by atoms with E-state index in [0.717, 1.165) is 11.3 Å². The molecule has 5 atom stereocenters. The van der Waals surface area contributed by atoms with Crippen LogP contribution >= 0.6 is 0 Å². The Morgan fingerprint density at radius 3 is 2.46 bits per heavy atom. The summed E-state index contributed by atoms with van der Waals surface area (Å²) in [7, 11) is 2.98. The van der Waals surface area contributed by atoms with E-state index in [-0.39, 0.29) is 32.5 Å². The van der Waals surface area contributed by atoms with Crippen molar-refractivity contribution < 1.29 is 47.5 Å². The zero-order chi connectivity index (χ0) is 28.0. The lowest BCUT2D eigenvalue weighted by atomic mass is 9.98. The van der Waals surface area contributed by atoms with Gasteiger partial charge in [-0.15, -0.1) is 6.58 Å². The highest BCUT2D eigenvalue weighted by molar-refractivity contribution is 5.72. The standard InChI is InChI=1S/C29H38O10/c1-4-5-11-23(30)39-28-27-26(37-24(31)12-9-7-6-8-10-13-25(32)38-27)22(36-29(28)34-3)19-35-18-20-14-16-21(33-2)17-15-20/h4,6,8,14-17,22,26-29H,1,5,7,9-13,18-19H2,2-3H3/t22-,26-,27+,28-,29+/m1/s1. The third-order valence-electron chi connectivity index (χ3n) is 6.32. The van der Waals surface area contributed by atoms with Crippen LogP contribution in [-0.2, 0) is 49.4 Å². The van der Waals surface area contributed by atoms with Crippen molar-refractivity contribution in [2.24, 2.45) is 0 Å². The molecule has 1 aromatic carbocycles. The molecule has 2 aliphatic heterocycles. The van der Waals surface area contributed by atoms with Gasteiger partial charge < -0.3 is 33.2 Å². The molecule has 0 radical (unpaired) electrons. The van der Waals surface area contributed by atoms with Crippen LogP contribution in [-0.4, -0.2) is 69.4 Å². The molecule has 0 spiro atoms. The summed E-state index contributed by atoms with van der Waals surface area (Å²) >= 11 is 0. The van der Waals surface area contributed by atoms with Gasteiger partial charge in [-0.05, 0) is 43.4 Å². The lowest BCUT2D eigenvalue weighted by molar-refractivity contribution is -0.304. The molecular formula is C29H38O10. The fourth-order valence-corrected chi connectivity index (χ4v) is 4.27. The van der Waals surface area contributed by atoms with Gasteiger partial charge in [0, 0.05) is 26.4 Å². The molecule has 0 saturated carbocycles. The van der Waals surface area contributed by atoms with Gasteiger partial charge >= 0.3 is 17.9 Å². The Morgan fingerprint density at radius 2 is 1.74 bits per heavy atom. The Hall–Kier alpha value is -3.21. The molecule has 0 N–H and O–H groups in total. The number of rotatable bonds is 10. The first-order valence-electron chi connectivity index (χ1n) is 13.2. The molecular weight excluding hydrogens is 508 g/mol. The Labute approximate surface area is 229 Å². The number of allylic oxidation sites excluding steroid dienone is 3. The van der Waals surface area contributed by atoms with E-state index in [1.165, 1.54) is 7.11 Å². The SMILES string of the molecule is C=CCCC(=O)O[C@H]1[C@@H](OC)O[C@H](COCc2ccc(OC)cc2)[C@H]2OC(=O)CCCC=CCCC(=O)O[C@H]12. The van der Waals surface area contributed by atoms with Gasteiger partial charge in [0.2, 0.25) is 0 Å². The molecule has 1 fully saturated rings. The zero-order valence-electron chi connectivity index (χ0n) is 22.6. The number of carbonyl (C=O) groups excluding carboxylic acids is 3. The number of benzene rings is 1. The van der Waals surface area contributed by atoms with Crippen molar-refractivity contribution in [2.45, 2.75) is 82.3 Å². The maximum atomic E-state index is 12.8. The molecule has 0 aliphatic carbocycles. The van der Waals surface area contributed by atoms with E-state index in [1.807, 2.05) is 36.4 Å². The van der Waals surface area contributed by atoms with E-state index in [0.29, 0.717) is 25.7 Å². The van der Waals surface area contributed by atoms with Gasteiger partial charge in [0.15, 0.2) is 24.6 Å². The van der Waals surface area contributed by atoms with Gasteiger partial charge in [-0.2, -0.15) is 0 Å². The van der Waals surface area contributed by atoms with Crippen LogP contribution in [0.2, 0.25) is 0 Å². The summed E-state index contributed by atoms with van der Waals surface area (Å²) in [5.74, 6) is -0.828. The number of methoxy groups -OCH3 is 2. The molecule has 10 heteroatoms. The van der Waals surface area contributed by atoms with E-state index >= 15 is 0 Å². The third kappa shape index (κ3) is 9.49. The number of carbonyl (C=O) groups is 3. The first-order chi connectivity index (χ1) is 18.9. The Balaban J connectivity index is 1.84. The molecule has 10 nitrogen and oxygen atoms in total. The second-order valence-corrected chi connectivity index (χ2v) is 9.23. The monoisotopic (exact) mass is 546 g/mol. The molecule has 39 heavy (non-hydrogen) atoms. The topological polar surface area (TPSA) is 116 Å². The summed E-state index contributed by atoms with van der Waals surface area (Å²) in [6.45, 7) is 3.86. The van der Waals surface area contributed by atoms with E-state index in [1.54, 1.807) is 13.2 Å². The molecule has 1 aromatic rings.